The van der Waals surface area contributed by atoms with E-state index in [0.29, 0.717) is 17.5 Å². The first-order valence-electron chi connectivity index (χ1n) is 5.69. The Morgan fingerprint density at radius 1 is 1.22 bits per heavy atom. The third kappa shape index (κ3) is 2.71. The summed E-state index contributed by atoms with van der Waals surface area (Å²) in [7, 11) is 0. The van der Waals surface area contributed by atoms with Gasteiger partial charge in [-0.2, -0.15) is 0 Å². The van der Waals surface area contributed by atoms with Gasteiger partial charge in [-0.3, -0.25) is 4.98 Å². The molecule has 1 heterocycles. The molecule has 0 saturated carbocycles. The van der Waals surface area contributed by atoms with E-state index in [0.717, 1.165) is 11.8 Å². The van der Waals surface area contributed by atoms with Crippen molar-refractivity contribution in [3.8, 4) is 0 Å². The fourth-order valence-corrected chi connectivity index (χ4v) is 1.82. The van der Waals surface area contributed by atoms with Crippen LogP contribution in [0.4, 0.5) is 8.78 Å². The van der Waals surface area contributed by atoms with Crippen molar-refractivity contribution in [3.63, 3.8) is 0 Å². The molecule has 1 aromatic heterocycles. The molecule has 1 atom stereocenters. The molecule has 2 nitrogen and oxygen atoms in total. The van der Waals surface area contributed by atoms with Gasteiger partial charge in [0.15, 0.2) is 0 Å². The van der Waals surface area contributed by atoms with Crippen LogP contribution in [0.1, 0.15) is 22.9 Å². The lowest BCUT2D eigenvalue weighted by atomic mass is 10.00. The summed E-state index contributed by atoms with van der Waals surface area (Å²) >= 11 is 0. The average molecular weight is 248 g/mol. The van der Waals surface area contributed by atoms with Crippen LogP contribution in [0.25, 0.3) is 0 Å². The number of aryl methyl sites for hydroxylation is 1. The first-order chi connectivity index (χ1) is 8.58. The molecule has 4 heteroatoms. The molecule has 0 aliphatic heterocycles. The highest BCUT2D eigenvalue weighted by atomic mass is 19.1. The van der Waals surface area contributed by atoms with Crippen molar-refractivity contribution < 1.29 is 8.78 Å². The number of pyridine rings is 1. The van der Waals surface area contributed by atoms with Crippen molar-refractivity contribution in [1.29, 1.82) is 0 Å². The Morgan fingerprint density at radius 3 is 2.67 bits per heavy atom. The second kappa shape index (κ2) is 5.23. The molecule has 18 heavy (non-hydrogen) atoms. The maximum atomic E-state index is 13.6. The van der Waals surface area contributed by atoms with Crippen molar-refractivity contribution >= 4 is 0 Å². The van der Waals surface area contributed by atoms with Crippen molar-refractivity contribution in [2.75, 3.05) is 0 Å². The highest BCUT2D eigenvalue weighted by Crippen LogP contribution is 2.21. The molecule has 0 aliphatic carbocycles. The fraction of sp³-hybridized carbons (Fsp3) is 0.214. The van der Waals surface area contributed by atoms with Crippen LogP contribution in [0.3, 0.4) is 0 Å². The second-order valence-electron chi connectivity index (χ2n) is 4.25. The van der Waals surface area contributed by atoms with Crippen LogP contribution in [0, 0.1) is 18.6 Å². The topological polar surface area (TPSA) is 38.9 Å². The Hall–Kier alpha value is -1.81. The highest BCUT2D eigenvalue weighted by molar-refractivity contribution is 5.29. The maximum Gasteiger partial charge on any atom is 0.130 e. The van der Waals surface area contributed by atoms with E-state index in [1.54, 1.807) is 19.2 Å². The standard InChI is InChI=1S/C14H14F2N2/c1-9-6-11(13(16)8-12(9)15)14(17)7-10-4-2-3-5-18-10/h2-6,8,14H,7,17H2,1H3. The first kappa shape index (κ1) is 12.6. The van der Waals surface area contributed by atoms with Crippen LogP contribution in [0.5, 0.6) is 0 Å². The molecule has 2 aromatic rings. The van der Waals surface area contributed by atoms with Gasteiger partial charge in [-0.15, -0.1) is 0 Å². The van der Waals surface area contributed by atoms with Gasteiger partial charge in [-0.25, -0.2) is 8.78 Å². The van der Waals surface area contributed by atoms with E-state index in [4.69, 9.17) is 5.73 Å². The molecule has 0 fully saturated rings. The minimum absolute atomic E-state index is 0.319. The number of hydrogen-bond donors (Lipinski definition) is 1. The van der Waals surface area contributed by atoms with E-state index < -0.39 is 17.7 Å². The van der Waals surface area contributed by atoms with Crippen LogP contribution >= 0.6 is 0 Å². The maximum absolute atomic E-state index is 13.6. The number of rotatable bonds is 3. The quantitative estimate of drug-likeness (QED) is 0.907. The minimum Gasteiger partial charge on any atom is -0.324 e. The largest absolute Gasteiger partial charge is 0.324 e. The van der Waals surface area contributed by atoms with Crippen LogP contribution < -0.4 is 5.73 Å². The second-order valence-corrected chi connectivity index (χ2v) is 4.25. The summed E-state index contributed by atoms with van der Waals surface area (Å²) in [5.74, 6) is -1.16. The molecule has 0 aliphatic rings. The molecule has 1 aromatic carbocycles. The molecule has 2 N–H and O–H groups in total. The lowest BCUT2D eigenvalue weighted by Crippen LogP contribution is -2.16. The predicted octanol–water partition coefficient (Wildman–Crippen LogP) is 2.91. The molecule has 94 valence electrons. The van der Waals surface area contributed by atoms with Gasteiger partial charge in [0.2, 0.25) is 0 Å². The number of nitrogens with zero attached hydrogens (tertiary/aromatic N) is 1. The summed E-state index contributed by atoms with van der Waals surface area (Å²) in [4.78, 5) is 4.14. The van der Waals surface area contributed by atoms with Crippen molar-refractivity contribution in [2.45, 2.75) is 19.4 Å². The van der Waals surface area contributed by atoms with Gasteiger partial charge in [-0.1, -0.05) is 6.07 Å². The zero-order chi connectivity index (χ0) is 13.1. The number of nitrogens with two attached hydrogens (primary N) is 1. The molecule has 0 bridgehead atoms. The Labute approximate surface area is 104 Å². The summed E-state index contributed by atoms with van der Waals surface area (Å²) in [5, 5.41) is 0. The van der Waals surface area contributed by atoms with Gasteiger partial charge >= 0.3 is 0 Å². The lowest BCUT2D eigenvalue weighted by molar-refractivity contribution is 0.548. The van der Waals surface area contributed by atoms with Crippen LogP contribution in [-0.2, 0) is 6.42 Å². The SMILES string of the molecule is Cc1cc(C(N)Cc2ccccn2)c(F)cc1F. The number of benzene rings is 1. The van der Waals surface area contributed by atoms with Gasteiger partial charge in [0, 0.05) is 36.0 Å². The Morgan fingerprint density at radius 2 is 2.00 bits per heavy atom. The highest BCUT2D eigenvalue weighted by Gasteiger charge is 2.15. The molecule has 0 spiro atoms. The summed E-state index contributed by atoms with van der Waals surface area (Å²) in [6, 6.07) is 7.29. The number of hydrogen-bond acceptors (Lipinski definition) is 2. The van der Waals surface area contributed by atoms with Gasteiger partial charge in [0.25, 0.3) is 0 Å². The smallest absolute Gasteiger partial charge is 0.130 e. The van der Waals surface area contributed by atoms with Crippen molar-refractivity contribution in [1.82, 2.24) is 4.98 Å². The van der Waals surface area contributed by atoms with Crippen molar-refractivity contribution in [2.24, 2.45) is 5.73 Å². The van der Waals surface area contributed by atoms with E-state index >= 15 is 0 Å². The van der Waals surface area contributed by atoms with E-state index in [2.05, 4.69) is 4.98 Å². The third-order valence-electron chi connectivity index (χ3n) is 2.83. The zero-order valence-corrected chi connectivity index (χ0v) is 10.0. The Bertz CT molecular complexity index is 541. The predicted molar refractivity (Wildman–Crippen MR) is 66.0 cm³/mol. The van der Waals surface area contributed by atoms with Crippen LogP contribution in [0.15, 0.2) is 36.5 Å². The minimum atomic E-state index is -0.610. The summed E-state index contributed by atoms with van der Waals surface area (Å²) in [6.45, 7) is 1.59. The molecular weight excluding hydrogens is 234 g/mol. The zero-order valence-electron chi connectivity index (χ0n) is 10.0. The van der Waals surface area contributed by atoms with Gasteiger partial charge in [0.05, 0.1) is 0 Å². The van der Waals surface area contributed by atoms with E-state index in [1.165, 1.54) is 6.07 Å². The number of aromatic nitrogens is 1. The summed E-state index contributed by atoms with van der Waals surface area (Å²) in [6.07, 6.45) is 2.08. The molecule has 0 amide bonds. The molecule has 0 radical (unpaired) electrons. The fourth-order valence-electron chi connectivity index (χ4n) is 1.82. The normalized spacial score (nSPS) is 12.4. The molecular formula is C14H14F2N2. The van der Waals surface area contributed by atoms with Crippen LogP contribution in [0.2, 0.25) is 0 Å². The van der Waals surface area contributed by atoms with E-state index in [9.17, 15) is 8.78 Å². The average Bonchev–Trinajstić information content (AvgIpc) is 2.35. The van der Waals surface area contributed by atoms with Crippen LogP contribution in [-0.4, -0.2) is 4.98 Å². The first-order valence-corrected chi connectivity index (χ1v) is 5.69. The Balaban J connectivity index is 2.24. The molecule has 0 saturated heterocycles. The Kier molecular flexibility index (Phi) is 3.67. The molecule has 2 rings (SSSR count). The summed E-state index contributed by atoms with van der Waals surface area (Å²) in [5.41, 5.74) is 7.44. The third-order valence-corrected chi connectivity index (χ3v) is 2.83. The molecule has 1 unspecified atom stereocenters. The number of halogens is 2. The van der Waals surface area contributed by atoms with E-state index in [-0.39, 0.29) is 0 Å². The van der Waals surface area contributed by atoms with E-state index in [1.807, 2.05) is 12.1 Å². The van der Waals surface area contributed by atoms with Crippen molar-refractivity contribution in [3.05, 3.63) is 65.0 Å². The van der Waals surface area contributed by atoms with Gasteiger partial charge in [0.1, 0.15) is 11.6 Å². The van der Waals surface area contributed by atoms with Gasteiger partial charge < -0.3 is 5.73 Å². The lowest BCUT2D eigenvalue weighted by Gasteiger charge is -2.13. The summed E-state index contributed by atoms with van der Waals surface area (Å²) < 4.78 is 26.8. The van der Waals surface area contributed by atoms with Gasteiger partial charge in [-0.05, 0) is 30.7 Å². The monoisotopic (exact) mass is 248 g/mol.